The van der Waals surface area contributed by atoms with Crippen molar-refractivity contribution in [2.45, 2.75) is 26.9 Å². The minimum Gasteiger partial charge on any atom is -0.488 e. The molecule has 0 N–H and O–H groups in total. The van der Waals surface area contributed by atoms with Gasteiger partial charge in [0.05, 0.1) is 24.2 Å². The average Bonchev–Trinajstić information content (AvgIpc) is 3.20. The van der Waals surface area contributed by atoms with Gasteiger partial charge in [-0.3, -0.25) is 4.98 Å². The third kappa shape index (κ3) is 4.00. The van der Waals surface area contributed by atoms with Crippen molar-refractivity contribution in [3.8, 4) is 40.0 Å². The molecule has 7 nitrogen and oxygen atoms in total. The first-order valence-electron chi connectivity index (χ1n) is 9.15. The Balaban J connectivity index is 1.80. The van der Waals surface area contributed by atoms with Crippen LogP contribution in [0.15, 0.2) is 47.3 Å². The van der Waals surface area contributed by atoms with Crippen LogP contribution in [-0.2, 0) is 0 Å². The standard InChI is InChI=1S/C21H17F2N5O2/c1-11(2)29-19-12(3)26-18(7-16(19)13-6-15(23)9-24-8-13)21-28-27-20(30-21)17-5-4-14(22)10-25-17/h4-11H,1-3H3. The zero-order chi connectivity index (χ0) is 21.3. The summed E-state index contributed by atoms with van der Waals surface area (Å²) in [7, 11) is 0. The van der Waals surface area contributed by atoms with E-state index in [1.54, 1.807) is 13.0 Å². The van der Waals surface area contributed by atoms with Gasteiger partial charge in [0.25, 0.3) is 11.8 Å². The number of aryl methyl sites for hydroxylation is 1. The van der Waals surface area contributed by atoms with Gasteiger partial charge in [0.2, 0.25) is 0 Å². The van der Waals surface area contributed by atoms with Crippen molar-refractivity contribution in [1.82, 2.24) is 25.1 Å². The Kier molecular flexibility index (Phi) is 5.18. The molecule has 0 spiro atoms. The zero-order valence-corrected chi connectivity index (χ0v) is 16.4. The van der Waals surface area contributed by atoms with E-state index in [0.717, 1.165) is 12.4 Å². The van der Waals surface area contributed by atoms with Crippen LogP contribution in [0.4, 0.5) is 8.78 Å². The number of pyridine rings is 3. The van der Waals surface area contributed by atoms with Crippen molar-refractivity contribution in [3.05, 3.63) is 60.2 Å². The van der Waals surface area contributed by atoms with Crippen LogP contribution in [0.5, 0.6) is 5.75 Å². The molecule has 0 aromatic carbocycles. The van der Waals surface area contributed by atoms with Gasteiger partial charge >= 0.3 is 0 Å². The van der Waals surface area contributed by atoms with E-state index in [-0.39, 0.29) is 17.9 Å². The number of aromatic nitrogens is 5. The van der Waals surface area contributed by atoms with E-state index in [9.17, 15) is 8.78 Å². The second-order valence-electron chi connectivity index (χ2n) is 6.80. The molecule has 0 aliphatic heterocycles. The molecule has 4 rings (SSSR count). The lowest BCUT2D eigenvalue weighted by Gasteiger charge is -2.17. The predicted octanol–water partition coefficient (Wildman–Crippen LogP) is 4.63. The molecule has 0 saturated heterocycles. The van der Waals surface area contributed by atoms with Crippen molar-refractivity contribution < 1.29 is 17.9 Å². The molecule has 0 unspecified atom stereocenters. The van der Waals surface area contributed by atoms with Gasteiger partial charge in [0.1, 0.15) is 28.8 Å². The average molecular weight is 409 g/mol. The summed E-state index contributed by atoms with van der Waals surface area (Å²) in [5.41, 5.74) is 2.40. The van der Waals surface area contributed by atoms with Crippen LogP contribution < -0.4 is 4.74 Å². The first-order chi connectivity index (χ1) is 14.4. The number of hydrogen-bond acceptors (Lipinski definition) is 7. The summed E-state index contributed by atoms with van der Waals surface area (Å²) in [6.07, 6.45) is 3.61. The van der Waals surface area contributed by atoms with E-state index >= 15 is 0 Å². The fourth-order valence-corrected chi connectivity index (χ4v) is 2.86. The van der Waals surface area contributed by atoms with E-state index in [0.29, 0.717) is 34.0 Å². The van der Waals surface area contributed by atoms with Gasteiger partial charge in [-0.1, -0.05) is 0 Å². The second kappa shape index (κ2) is 7.94. The van der Waals surface area contributed by atoms with Crippen LogP contribution in [0.2, 0.25) is 0 Å². The largest absolute Gasteiger partial charge is 0.488 e. The van der Waals surface area contributed by atoms with E-state index < -0.39 is 11.6 Å². The molecule has 0 saturated carbocycles. The topological polar surface area (TPSA) is 86.8 Å². The van der Waals surface area contributed by atoms with Gasteiger partial charge in [-0.25, -0.2) is 18.7 Å². The molecule has 0 bridgehead atoms. The van der Waals surface area contributed by atoms with Gasteiger partial charge in [-0.05, 0) is 45.0 Å². The van der Waals surface area contributed by atoms with Crippen molar-refractivity contribution in [3.63, 3.8) is 0 Å². The normalized spacial score (nSPS) is 11.1. The summed E-state index contributed by atoms with van der Waals surface area (Å²) in [5.74, 6) is -0.158. The molecule has 4 heterocycles. The quantitative estimate of drug-likeness (QED) is 0.475. The molecule has 9 heteroatoms. The van der Waals surface area contributed by atoms with Gasteiger partial charge in [-0.2, -0.15) is 0 Å². The maximum atomic E-state index is 13.8. The molecule has 4 aromatic heterocycles. The summed E-state index contributed by atoms with van der Waals surface area (Å²) < 4.78 is 38.5. The molecule has 152 valence electrons. The molecular formula is C21H17F2N5O2. The summed E-state index contributed by atoms with van der Waals surface area (Å²) in [4.78, 5) is 12.4. The number of rotatable bonds is 5. The third-order valence-corrected chi connectivity index (χ3v) is 4.10. The van der Waals surface area contributed by atoms with Crippen LogP contribution in [0.3, 0.4) is 0 Å². The van der Waals surface area contributed by atoms with Crippen molar-refractivity contribution in [2.75, 3.05) is 0 Å². The Hall–Kier alpha value is -3.75. The van der Waals surface area contributed by atoms with Crippen molar-refractivity contribution in [1.29, 1.82) is 0 Å². The first-order valence-corrected chi connectivity index (χ1v) is 9.15. The summed E-state index contributed by atoms with van der Waals surface area (Å²) in [6, 6.07) is 5.73. The maximum Gasteiger partial charge on any atom is 0.266 e. The van der Waals surface area contributed by atoms with E-state index in [1.807, 2.05) is 13.8 Å². The molecule has 0 aliphatic rings. The Morgan fingerprint density at radius 1 is 0.933 bits per heavy atom. The number of nitrogens with zero attached hydrogens (tertiary/aromatic N) is 5. The lowest BCUT2D eigenvalue weighted by Crippen LogP contribution is -2.09. The predicted molar refractivity (Wildman–Crippen MR) is 104 cm³/mol. The molecule has 0 atom stereocenters. The number of ether oxygens (including phenoxy) is 1. The van der Waals surface area contributed by atoms with Gasteiger partial charge in [0, 0.05) is 17.3 Å². The molecule has 4 aromatic rings. The van der Waals surface area contributed by atoms with Gasteiger partial charge in [0.15, 0.2) is 0 Å². The highest BCUT2D eigenvalue weighted by molar-refractivity contribution is 5.74. The minimum absolute atomic E-state index is 0.115. The third-order valence-electron chi connectivity index (χ3n) is 4.10. The van der Waals surface area contributed by atoms with E-state index in [2.05, 4.69) is 25.1 Å². The fourth-order valence-electron chi connectivity index (χ4n) is 2.86. The van der Waals surface area contributed by atoms with Crippen LogP contribution in [0.1, 0.15) is 19.5 Å². The van der Waals surface area contributed by atoms with Crippen LogP contribution in [0, 0.1) is 18.6 Å². The maximum absolute atomic E-state index is 13.8. The highest BCUT2D eigenvalue weighted by atomic mass is 19.1. The summed E-state index contributed by atoms with van der Waals surface area (Å²) >= 11 is 0. The molecular weight excluding hydrogens is 392 g/mol. The van der Waals surface area contributed by atoms with Gasteiger partial charge < -0.3 is 9.15 Å². The molecule has 0 amide bonds. The summed E-state index contributed by atoms with van der Waals surface area (Å²) in [5, 5.41) is 7.99. The highest BCUT2D eigenvalue weighted by Gasteiger charge is 2.19. The van der Waals surface area contributed by atoms with Crippen LogP contribution in [0.25, 0.3) is 34.3 Å². The summed E-state index contributed by atoms with van der Waals surface area (Å²) in [6.45, 7) is 5.55. The molecule has 30 heavy (non-hydrogen) atoms. The van der Waals surface area contributed by atoms with E-state index in [1.165, 1.54) is 24.4 Å². The molecule has 0 aliphatic carbocycles. The Labute approximate surface area is 170 Å². The molecule has 0 fully saturated rings. The van der Waals surface area contributed by atoms with Crippen molar-refractivity contribution in [2.24, 2.45) is 0 Å². The van der Waals surface area contributed by atoms with Gasteiger partial charge in [-0.15, -0.1) is 10.2 Å². The highest BCUT2D eigenvalue weighted by Crippen LogP contribution is 2.36. The zero-order valence-electron chi connectivity index (χ0n) is 16.4. The smallest absolute Gasteiger partial charge is 0.266 e. The lowest BCUT2D eigenvalue weighted by atomic mass is 10.0. The lowest BCUT2D eigenvalue weighted by molar-refractivity contribution is 0.241. The minimum atomic E-state index is -0.471. The Morgan fingerprint density at radius 2 is 1.70 bits per heavy atom. The van der Waals surface area contributed by atoms with E-state index in [4.69, 9.17) is 9.15 Å². The van der Waals surface area contributed by atoms with Crippen LogP contribution in [-0.4, -0.2) is 31.3 Å². The SMILES string of the molecule is Cc1nc(-c2nnc(-c3ccc(F)cn3)o2)cc(-c2cncc(F)c2)c1OC(C)C. The van der Waals surface area contributed by atoms with Crippen LogP contribution >= 0.6 is 0 Å². The first kappa shape index (κ1) is 19.6. The fraction of sp³-hybridized carbons (Fsp3) is 0.190. The Morgan fingerprint density at radius 3 is 2.37 bits per heavy atom. The monoisotopic (exact) mass is 409 g/mol. The Bertz CT molecular complexity index is 1190. The number of hydrogen-bond donors (Lipinski definition) is 0. The number of halogens is 2. The second-order valence-corrected chi connectivity index (χ2v) is 6.80. The molecule has 0 radical (unpaired) electrons. The van der Waals surface area contributed by atoms with Crippen molar-refractivity contribution >= 4 is 0 Å².